The van der Waals surface area contributed by atoms with E-state index in [0.717, 1.165) is 12.8 Å². The summed E-state index contributed by atoms with van der Waals surface area (Å²) < 4.78 is 0. The Hall–Kier alpha value is -1.26. The molecule has 0 aromatic heterocycles. The van der Waals surface area contributed by atoms with E-state index in [2.05, 4.69) is 0 Å². The Morgan fingerprint density at radius 3 is 2.35 bits per heavy atom. The van der Waals surface area contributed by atoms with Gasteiger partial charge in [0.05, 0.1) is 0 Å². The number of hydrogen-bond donors (Lipinski definition) is 1. The number of hydrogen-bond acceptors (Lipinski definition) is 2. The molecule has 0 radical (unpaired) electrons. The van der Waals surface area contributed by atoms with Crippen LogP contribution in [0, 0.1) is 0 Å². The molecular weight excluding hydrogens is 301 g/mol. The van der Waals surface area contributed by atoms with Crippen LogP contribution in [-0.2, 0) is 4.79 Å². The number of amides is 1. The van der Waals surface area contributed by atoms with Gasteiger partial charge in [0.25, 0.3) is 5.91 Å². The van der Waals surface area contributed by atoms with E-state index in [9.17, 15) is 14.7 Å². The minimum absolute atomic E-state index is 0.317. The number of aliphatic carboxylic acids is 1. The van der Waals surface area contributed by atoms with Crippen LogP contribution in [0.4, 0.5) is 0 Å². The van der Waals surface area contributed by atoms with Crippen molar-refractivity contribution in [3.05, 3.63) is 33.8 Å². The fourth-order valence-corrected chi connectivity index (χ4v) is 3.03. The predicted molar refractivity (Wildman–Crippen MR) is 77.4 cm³/mol. The maximum Gasteiger partial charge on any atom is 0.329 e. The number of likely N-dealkylation sites (tertiary alicyclic amines) is 1. The second kappa shape index (κ2) is 5.62. The molecule has 1 aliphatic heterocycles. The lowest BCUT2D eigenvalue weighted by atomic mass is 9.88. The van der Waals surface area contributed by atoms with Crippen LogP contribution in [0.25, 0.3) is 0 Å². The summed E-state index contributed by atoms with van der Waals surface area (Å²) >= 11 is 11.8. The topological polar surface area (TPSA) is 57.6 Å². The molecule has 0 aliphatic carbocycles. The molecule has 1 aromatic carbocycles. The zero-order valence-electron chi connectivity index (χ0n) is 11.0. The van der Waals surface area contributed by atoms with E-state index in [1.165, 1.54) is 23.1 Å². The van der Waals surface area contributed by atoms with Gasteiger partial charge < -0.3 is 10.0 Å². The Labute approximate surface area is 127 Å². The van der Waals surface area contributed by atoms with Crippen molar-refractivity contribution in [2.24, 2.45) is 0 Å². The molecule has 4 nitrogen and oxygen atoms in total. The standard InChI is InChI=1S/C14H15Cl2NO3/c1-14(13(19)20)4-2-3-5-17(14)12(18)9-6-10(15)8-11(16)7-9/h6-8H,2-5H2,1H3,(H,19,20). The molecule has 108 valence electrons. The molecule has 0 bridgehead atoms. The van der Waals surface area contributed by atoms with Gasteiger partial charge in [0, 0.05) is 22.2 Å². The molecule has 1 heterocycles. The monoisotopic (exact) mass is 315 g/mol. The van der Waals surface area contributed by atoms with E-state index >= 15 is 0 Å². The van der Waals surface area contributed by atoms with Crippen LogP contribution < -0.4 is 0 Å². The van der Waals surface area contributed by atoms with E-state index in [1.54, 1.807) is 6.92 Å². The van der Waals surface area contributed by atoms with Gasteiger partial charge in [-0.1, -0.05) is 23.2 Å². The van der Waals surface area contributed by atoms with Gasteiger partial charge >= 0.3 is 5.97 Å². The molecule has 6 heteroatoms. The summed E-state index contributed by atoms with van der Waals surface area (Å²) in [6, 6.07) is 4.55. The number of piperidine rings is 1. The van der Waals surface area contributed by atoms with Gasteiger partial charge in [-0.15, -0.1) is 0 Å². The Bertz CT molecular complexity index is 541. The lowest BCUT2D eigenvalue weighted by molar-refractivity contribution is -0.150. The summed E-state index contributed by atoms with van der Waals surface area (Å²) in [5, 5.41) is 10.1. The quantitative estimate of drug-likeness (QED) is 0.909. The summed E-state index contributed by atoms with van der Waals surface area (Å²) in [6.45, 7) is 2.00. The molecule has 1 atom stereocenters. The average Bonchev–Trinajstić information content (AvgIpc) is 2.37. The molecule has 0 saturated carbocycles. The van der Waals surface area contributed by atoms with Crippen molar-refractivity contribution < 1.29 is 14.7 Å². The van der Waals surface area contributed by atoms with E-state index in [4.69, 9.17) is 23.2 Å². The number of carbonyl (C=O) groups is 2. The largest absolute Gasteiger partial charge is 0.480 e. The van der Waals surface area contributed by atoms with Crippen LogP contribution in [0.3, 0.4) is 0 Å². The summed E-state index contributed by atoms with van der Waals surface area (Å²) in [5.41, 5.74) is -0.860. The van der Waals surface area contributed by atoms with Crippen molar-refractivity contribution >= 4 is 35.1 Å². The molecule has 1 aromatic rings. The number of carboxylic acids is 1. The average molecular weight is 316 g/mol. The Morgan fingerprint density at radius 1 is 1.20 bits per heavy atom. The third kappa shape index (κ3) is 2.76. The number of rotatable bonds is 2. The SMILES string of the molecule is CC1(C(=O)O)CCCCN1C(=O)c1cc(Cl)cc(Cl)c1. The van der Waals surface area contributed by atoms with Crippen LogP contribution in [0.5, 0.6) is 0 Å². The number of carbonyl (C=O) groups excluding carboxylic acids is 1. The van der Waals surface area contributed by atoms with Gasteiger partial charge in [-0.25, -0.2) is 4.79 Å². The highest BCUT2D eigenvalue weighted by molar-refractivity contribution is 6.35. The summed E-state index contributed by atoms with van der Waals surface area (Å²) in [6.07, 6.45) is 2.04. The van der Waals surface area contributed by atoms with E-state index in [-0.39, 0.29) is 5.91 Å². The van der Waals surface area contributed by atoms with E-state index in [1.807, 2.05) is 0 Å². The smallest absolute Gasteiger partial charge is 0.329 e. The normalized spacial score (nSPS) is 22.6. The minimum atomic E-state index is -1.18. The number of nitrogens with zero attached hydrogens (tertiary/aromatic N) is 1. The van der Waals surface area contributed by atoms with E-state index < -0.39 is 11.5 Å². The molecule has 2 rings (SSSR count). The van der Waals surface area contributed by atoms with Crippen LogP contribution >= 0.6 is 23.2 Å². The first kappa shape index (κ1) is 15.1. The second-order valence-corrected chi connectivity index (χ2v) is 6.02. The van der Waals surface area contributed by atoms with Gasteiger partial charge in [0.2, 0.25) is 0 Å². The maximum atomic E-state index is 12.6. The number of halogens is 2. The maximum absolute atomic E-state index is 12.6. The predicted octanol–water partition coefficient (Wildman–Crippen LogP) is 3.46. The molecule has 20 heavy (non-hydrogen) atoms. The molecule has 1 aliphatic rings. The lowest BCUT2D eigenvalue weighted by Crippen LogP contribution is -2.57. The molecule has 1 unspecified atom stereocenters. The summed E-state index contributed by atoms with van der Waals surface area (Å²) in [7, 11) is 0. The fraction of sp³-hybridized carbons (Fsp3) is 0.429. The Morgan fingerprint density at radius 2 is 1.80 bits per heavy atom. The Kier molecular flexibility index (Phi) is 4.25. The first-order chi connectivity index (χ1) is 9.34. The first-order valence-corrected chi connectivity index (χ1v) is 7.11. The van der Waals surface area contributed by atoms with Gasteiger partial charge in [-0.05, 0) is 44.4 Å². The van der Waals surface area contributed by atoms with Gasteiger partial charge in [0.15, 0.2) is 0 Å². The molecule has 0 spiro atoms. The van der Waals surface area contributed by atoms with Crippen LogP contribution in [-0.4, -0.2) is 34.0 Å². The minimum Gasteiger partial charge on any atom is -0.480 e. The Balaban J connectivity index is 2.37. The molecule has 1 N–H and O–H groups in total. The third-order valence-electron chi connectivity index (χ3n) is 3.71. The van der Waals surface area contributed by atoms with Crippen molar-refractivity contribution in [2.75, 3.05) is 6.54 Å². The van der Waals surface area contributed by atoms with Crippen molar-refractivity contribution in [2.45, 2.75) is 31.7 Å². The summed E-state index contributed by atoms with van der Waals surface area (Å²) in [4.78, 5) is 25.5. The first-order valence-electron chi connectivity index (χ1n) is 6.36. The van der Waals surface area contributed by atoms with Gasteiger partial charge in [-0.3, -0.25) is 4.79 Å². The molecule has 1 saturated heterocycles. The number of carboxylic acid groups (broad SMARTS) is 1. The fourth-order valence-electron chi connectivity index (χ4n) is 2.50. The van der Waals surface area contributed by atoms with Crippen LogP contribution in [0.2, 0.25) is 10.0 Å². The third-order valence-corrected chi connectivity index (χ3v) is 4.14. The van der Waals surface area contributed by atoms with E-state index in [0.29, 0.717) is 28.6 Å². The molecule has 1 fully saturated rings. The zero-order valence-corrected chi connectivity index (χ0v) is 12.5. The van der Waals surface area contributed by atoms with Crippen LogP contribution in [0.15, 0.2) is 18.2 Å². The second-order valence-electron chi connectivity index (χ2n) is 5.15. The van der Waals surface area contributed by atoms with Gasteiger partial charge in [0.1, 0.15) is 5.54 Å². The van der Waals surface area contributed by atoms with Gasteiger partial charge in [-0.2, -0.15) is 0 Å². The van der Waals surface area contributed by atoms with Crippen molar-refractivity contribution in [3.8, 4) is 0 Å². The van der Waals surface area contributed by atoms with Crippen molar-refractivity contribution in [3.63, 3.8) is 0 Å². The lowest BCUT2D eigenvalue weighted by Gasteiger charge is -2.41. The van der Waals surface area contributed by atoms with Crippen LogP contribution in [0.1, 0.15) is 36.5 Å². The highest BCUT2D eigenvalue weighted by atomic mass is 35.5. The zero-order chi connectivity index (χ0) is 14.9. The highest BCUT2D eigenvalue weighted by Crippen LogP contribution is 2.31. The van der Waals surface area contributed by atoms with Crippen molar-refractivity contribution in [1.29, 1.82) is 0 Å². The number of benzene rings is 1. The summed E-state index contributed by atoms with van der Waals surface area (Å²) in [5.74, 6) is -1.34. The van der Waals surface area contributed by atoms with Crippen molar-refractivity contribution in [1.82, 2.24) is 4.90 Å². The highest BCUT2D eigenvalue weighted by Gasteiger charge is 2.44. The molecule has 1 amide bonds. The molecular formula is C14H15Cl2NO3.